The zero-order valence-electron chi connectivity index (χ0n) is 8.83. The fourth-order valence-corrected chi connectivity index (χ4v) is 1.54. The summed E-state index contributed by atoms with van der Waals surface area (Å²) in [6.07, 6.45) is 0. The molecule has 1 aliphatic rings. The van der Waals surface area contributed by atoms with Crippen molar-refractivity contribution in [1.82, 2.24) is 9.88 Å². The van der Waals surface area contributed by atoms with Crippen LogP contribution in [0.25, 0.3) is 0 Å². The SMILES string of the molecule is NC(=O)c1ccc(CN2CC2C(=O)O)c(O)n1. The zero-order chi connectivity index (χ0) is 12.6. The van der Waals surface area contributed by atoms with Crippen molar-refractivity contribution in [2.45, 2.75) is 12.6 Å². The summed E-state index contributed by atoms with van der Waals surface area (Å²) in [6.45, 7) is 0.737. The topological polar surface area (TPSA) is 117 Å². The predicted octanol–water partition coefficient (Wildman–Crippen LogP) is -0.845. The van der Waals surface area contributed by atoms with Gasteiger partial charge in [-0.2, -0.15) is 0 Å². The van der Waals surface area contributed by atoms with E-state index in [1.807, 2.05) is 0 Å². The summed E-state index contributed by atoms with van der Waals surface area (Å²) in [6, 6.07) is 2.42. The molecule has 7 heteroatoms. The third-order valence-corrected chi connectivity index (χ3v) is 2.58. The van der Waals surface area contributed by atoms with E-state index in [0.29, 0.717) is 12.1 Å². The van der Waals surface area contributed by atoms with Crippen LogP contribution in [0.4, 0.5) is 0 Å². The van der Waals surface area contributed by atoms with Crippen LogP contribution in [0, 0.1) is 0 Å². The van der Waals surface area contributed by atoms with E-state index < -0.39 is 17.9 Å². The second-order valence-corrected chi connectivity index (χ2v) is 3.83. The van der Waals surface area contributed by atoms with Crippen LogP contribution in [0.1, 0.15) is 16.1 Å². The molecular weight excluding hydrogens is 226 g/mol. The number of hydrogen-bond acceptors (Lipinski definition) is 5. The van der Waals surface area contributed by atoms with E-state index >= 15 is 0 Å². The summed E-state index contributed by atoms with van der Waals surface area (Å²) < 4.78 is 0. The highest BCUT2D eigenvalue weighted by atomic mass is 16.4. The molecule has 0 aliphatic carbocycles. The molecule has 1 saturated heterocycles. The van der Waals surface area contributed by atoms with Crippen LogP contribution < -0.4 is 5.73 Å². The monoisotopic (exact) mass is 237 g/mol. The minimum absolute atomic E-state index is 0.0215. The van der Waals surface area contributed by atoms with Crippen LogP contribution in [-0.4, -0.2) is 44.6 Å². The van der Waals surface area contributed by atoms with Gasteiger partial charge in [-0.1, -0.05) is 0 Å². The smallest absolute Gasteiger partial charge is 0.322 e. The Morgan fingerprint density at radius 2 is 2.24 bits per heavy atom. The summed E-state index contributed by atoms with van der Waals surface area (Å²) >= 11 is 0. The van der Waals surface area contributed by atoms with Crippen LogP contribution in [0.3, 0.4) is 0 Å². The first kappa shape index (κ1) is 11.3. The highest BCUT2D eigenvalue weighted by molar-refractivity contribution is 5.90. The fourth-order valence-electron chi connectivity index (χ4n) is 1.54. The maximum Gasteiger partial charge on any atom is 0.322 e. The summed E-state index contributed by atoms with van der Waals surface area (Å²) in [5.41, 5.74) is 5.46. The van der Waals surface area contributed by atoms with E-state index in [1.165, 1.54) is 12.1 Å². The van der Waals surface area contributed by atoms with Gasteiger partial charge in [-0.25, -0.2) is 4.98 Å². The highest BCUT2D eigenvalue weighted by Gasteiger charge is 2.40. The third-order valence-electron chi connectivity index (χ3n) is 2.58. The number of pyridine rings is 1. The number of carbonyl (C=O) groups excluding carboxylic acids is 1. The van der Waals surface area contributed by atoms with Gasteiger partial charge in [-0.15, -0.1) is 0 Å². The lowest BCUT2D eigenvalue weighted by Gasteiger charge is -2.05. The number of carboxylic acids is 1. The first-order valence-corrected chi connectivity index (χ1v) is 4.94. The molecule has 2 rings (SSSR count). The van der Waals surface area contributed by atoms with Crippen molar-refractivity contribution in [1.29, 1.82) is 0 Å². The molecule has 0 radical (unpaired) electrons. The van der Waals surface area contributed by atoms with E-state index in [4.69, 9.17) is 10.8 Å². The van der Waals surface area contributed by atoms with Crippen LogP contribution in [0.5, 0.6) is 5.88 Å². The van der Waals surface area contributed by atoms with Gasteiger partial charge in [0.15, 0.2) is 0 Å². The average molecular weight is 237 g/mol. The molecule has 2 heterocycles. The second-order valence-electron chi connectivity index (χ2n) is 3.83. The first-order chi connectivity index (χ1) is 7.99. The van der Waals surface area contributed by atoms with Crippen LogP contribution >= 0.6 is 0 Å². The van der Waals surface area contributed by atoms with Gasteiger partial charge < -0.3 is 15.9 Å². The van der Waals surface area contributed by atoms with Crippen molar-refractivity contribution >= 4 is 11.9 Å². The lowest BCUT2D eigenvalue weighted by molar-refractivity contribution is -0.137. The molecule has 1 aromatic heterocycles. The Kier molecular flexibility index (Phi) is 2.68. The van der Waals surface area contributed by atoms with Crippen molar-refractivity contribution < 1.29 is 19.8 Å². The molecule has 1 aliphatic heterocycles. The van der Waals surface area contributed by atoms with E-state index in [2.05, 4.69) is 4.98 Å². The van der Waals surface area contributed by atoms with Gasteiger partial charge in [0.2, 0.25) is 5.88 Å². The Morgan fingerprint density at radius 1 is 1.53 bits per heavy atom. The third kappa shape index (κ3) is 2.34. The normalized spacial score (nSPS) is 22.1. The Bertz CT molecular complexity index is 488. The quantitative estimate of drug-likeness (QED) is 0.587. The largest absolute Gasteiger partial charge is 0.493 e. The van der Waals surface area contributed by atoms with Crippen LogP contribution in [-0.2, 0) is 11.3 Å². The molecule has 1 amide bonds. The number of carboxylic acid groups (broad SMARTS) is 1. The lowest BCUT2D eigenvalue weighted by atomic mass is 10.2. The fraction of sp³-hybridized carbons (Fsp3) is 0.300. The number of nitrogens with zero attached hydrogens (tertiary/aromatic N) is 2. The predicted molar refractivity (Wildman–Crippen MR) is 56.3 cm³/mol. The van der Waals surface area contributed by atoms with Crippen molar-refractivity contribution in [3.63, 3.8) is 0 Å². The van der Waals surface area contributed by atoms with Crippen molar-refractivity contribution in [2.75, 3.05) is 6.54 Å². The van der Waals surface area contributed by atoms with Gasteiger partial charge in [-0.05, 0) is 12.1 Å². The van der Waals surface area contributed by atoms with Gasteiger partial charge in [0.25, 0.3) is 5.91 Å². The molecule has 0 bridgehead atoms. The lowest BCUT2D eigenvalue weighted by Crippen LogP contribution is -2.14. The zero-order valence-corrected chi connectivity index (χ0v) is 8.83. The standard InChI is InChI=1S/C10H11N3O4/c11-8(14)6-2-1-5(9(15)12-6)3-13-4-7(13)10(16)17/h1-2,7H,3-4H2,(H2,11,14)(H,12,15)(H,16,17). The highest BCUT2D eigenvalue weighted by Crippen LogP contribution is 2.24. The van der Waals surface area contributed by atoms with Crippen LogP contribution in [0.15, 0.2) is 12.1 Å². The molecule has 90 valence electrons. The van der Waals surface area contributed by atoms with Gasteiger partial charge in [-0.3, -0.25) is 14.5 Å². The molecule has 2 unspecified atom stereocenters. The first-order valence-electron chi connectivity index (χ1n) is 4.94. The number of hydrogen-bond donors (Lipinski definition) is 3. The molecule has 17 heavy (non-hydrogen) atoms. The molecule has 4 N–H and O–H groups in total. The van der Waals surface area contributed by atoms with Crippen molar-refractivity contribution in [2.24, 2.45) is 5.73 Å². The number of amides is 1. The van der Waals surface area contributed by atoms with Gasteiger partial charge >= 0.3 is 5.97 Å². The van der Waals surface area contributed by atoms with E-state index in [0.717, 1.165) is 0 Å². The molecule has 0 spiro atoms. The minimum atomic E-state index is -0.883. The number of aromatic nitrogens is 1. The van der Waals surface area contributed by atoms with E-state index in [9.17, 15) is 14.7 Å². The number of nitrogens with two attached hydrogens (primary N) is 1. The molecule has 0 saturated carbocycles. The number of rotatable bonds is 4. The second kappa shape index (κ2) is 4.02. The number of primary amides is 1. The molecule has 7 nitrogen and oxygen atoms in total. The molecular formula is C10H11N3O4. The van der Waals surface area contributed by atoms with Gasteiger partial charge in [0, 0.05) is 18.7 Å². The maximum atomic E-state index is 10.8. The molecule has 0 aromatic carbocycles. The maximum absolute atomic E-state index is 10.8. The Labute approximate surface area is 96.5 Å². The van der Waals surface area contributed by atoms with Crippen molar-refractivity contribution in [3.8, 4) is 5.88 Å². The van der Waals surface area contributed by atoms with E-state index in [1.54, 1.807) is 4.90 Å². The summed E-state index contributed by atoms with van der Waals surface area (Å²) in [5.74, 6) is -1.90. The Morgan fingerprint density at radius 3 is 2.71 bits per heavy atom. The Balaban J connectivity index is 2.08. The number of aromatic hydroxyl groups is 1. The summed E-state index contributed by atoms with van der Waals surface area (Å²) in [7, 11) is 0. The van der Waals surface area contributed by atoms with Gasteiger partial charge in [0.05, 0.1) is 0 Å². The van der Waals surface area contributed by atoms with Gasteiger partial charge in [0.1, 0.15) is 11.7 Å². The minimum Gasteiger partial charge on any atom is -0.493 e. The average Bonchev–Trinajstić information content (AvgIpc) is 3.00. The molecule has 2 atom stereocenters. The molecule has 1 fully saturated rings. The summed E-state index contributed by atoms with van der Waals surface area (Å²) in [4.78, 5) is 26.7. The van der Waals surface area contributed by atoms with E-state index in [-0.39, 0.29) is 18.1 Å². The molecule has 1 aromatic rings. The summed E-state index contributed by atoms with van der Waals surface area (Å²) in [5, 5.41) is 18.3. The Hall–Kier alpha value is -2.15. The number of carbonyl (C=O) groups is 2. The van der Waals surface area contributed by atoms with Crippen LogP contribution in [0.2, 0.25) is 0 Å². The van der Waals surface area contributed by atoms with Crippen molar-refractivity contribution in [3.05, 3.63) is 23.4 Å². The number of aliphatic carboxylic acids is 1.